The van der Waals surface area contributed by atoms with Gasteiger partial charge in [0.15, 0.2) is 11.4 Å². The summed E-state index contributed by atoms with van der Waals surface area (Å²) in [5, 5.41) is 0. The van der Waals surface area contributed by atoms with Crippen molar-refractivity contribution in [1.29, 1.82) is 0 Å². The summed E-state index contributed by atoms with van der Waals surface area (Å²) in [5.41, 5.74) is 5.14. The first-order valence-corrected chi connectivity index (χ1v) is 11.3. The predicted octanol–water partition coefficient (Wildman–Crippen LogP) is 7.39. The summed E-state index contributed by atoms with van der Waals surface area (Å²) in [7, 11) is 2.17. The van der Waals surface area contributed by atoms with Crippen molar-refractivity contribution in [2.75, 3.05) is 0 Å². The first kappa shape index (κ1) is 23.7. The van der Waals surface area contributed by atoms with Gasteiger partial charge < -0.3 is 0 Å². The Morgan fingerprint density at radius 1 is 0.926 bits per heavy atom. The van der Waals surface area contributed by atoms with Crippen LogP contribution < -0.4 is 4.57 Å². The summed E-state index contributed by atoms with van der Waals surface area (Å²) >= 11 is 0. The summed E-state index contributed by atoms with van der Waals surface area (Å²) in [4.78, 5) is 0. The molecule has 2 heteroatoms. The minimum Gasteiger partial charge on any atom is -0.230 e. The van der Waals surface area contributed by atoms with Crippen molar-refractivity contribution < 1.29 is 4.57 Å². The van der Waals surface area contributed by atoms with Gasteiger partial charge in [-0.05, 0) is 44.8 Å². The molecule has 27 heavy (non-hydrogen) atoms. The molecule has 1 rings (SSSR count). The zero-order valence-electron chi connectivity index (χ0n) is 19.2. The molecule has 1 aromatic heterocycles. The molecule has 0 fully saturated rings. The zero-order chi connectivity index (χ0) is 20.2. The molecule has 0 aliphatic heterocycles. The maximum absolute atomic E-state index is 4.22. The number of rotatable bonds is 14. The highest BCUT2D eigenvalue weighted by Crippen LogP contribution is 2.24. The lowest BCUT2D eigenvalue weighted by molar-refractivity contribution is -0.679. The lowest BCUT2D eigenvalue weighted by atomic mass is 10.1. The quantitative estimate of drug-likeness (QED) is 0.237. The molecule has 0 radical (unpaired) electrons. The Hall–Kier alpha value is -1.31. The van der Waals surface area contributed by atoms with Crippen LogP contribution in [0.3, 0.4) is 0 Å². The molecule has 0 atom stereocenters. The number of hydrogen-bond donors (Lipinski definition) is 0. The average Bonchev–Trinajstić information content (AvgIpc) is 2.90. The molecule has 0 aliphatic carbocycles. The third-order valence-corrected chi connectivity index (χ3v) is 5.90. The molecule has 1 aromatic rings. The molecule has 0 saturated carbocycles. The largest absolute Gasteiger partial charge is 0.254 e. The van der Waals surface area contributed by atoms with E-state index in [9.17, 15) is 0 Å². The Labute approximate surface area is 169 Å². The van der Waals surface area contributed by atoms with Gasteiger partial charge in [0.1, 0.15) is 0 Å². The van der Waals surface area contributed by atoms with E-state index in [2.05, 4.69) is 63.5 Å². The second kappa shape index (κ2) is 13.0. The van der Waals surface area contributed by atoms with Crippen LogP contribution in [0, 0.1) is 6.92 Å². The fraction of sp³-hybridized carbons (Fsp3) is 0.720. The van der Waals surface area contributed by atoms with Crippen LogP contribution in [-0.4, -0.2) is 4.57 Å². The van der Waals surface area contributed by atoms with Gasteiger partial charge >= 0.3 is 0 Å². The lowest BCUT2D eigenvalue weighted by Crippen LogP contribution is -2.34. The third kappa shape index (κ3) is 7.31. The van der Waals surface area contributed by atoms with Gasteiger partial charge in [-0.15, -0.1) is 0 Å². The first-order chi connectivity index (χ1) is 13.0. The third-order valence-electron chi connectivity index (χ3n) is 5.90. The number of hydrogen-bond acceptors (Lipinski definition) is 0. The van der Waals surface area contributed by atoms with E-state index in [4.69, 9.17) is 0 Å². The number of allylic oxidation sites excluding steroid dienone is 3. The summed E-state index contributed by atoms with van der Waals surface area (Å²) in [5.74, 6) is 1.33. The average molecular weight is 374 g/mol. The van der Waals surface area contributed by atoms with E-state index in [1.165, 1.54) is 93.4 Å². The minimum atomic E-state index is 1.12. The Balaban J connectivity index is 2.45. The Bertz CT molecular complexity index is 604. The van der Waals surface area contributed by atoms with Crippen molar-refractivity contribution in [1.82, 2.24) is 4.57 Å². The molecular weight excluding hydrogens is 328 g/mol. The maximum atomic E-state index is 4.22. The molecule has 0 spiro atoms. The van der Waals surface area contributed by atoms with Gasteiger partial charge in [0.25, 0.3) is 5.82 Å². The van der Waals surface area contributed by atoms with Crippen molar-refractivity contribution in [2.45, 2.75) is 112 Å². The van der Waals surface area contributed by atoms with Crippen molar-refractivity contribution >= 4 is 11.1 Å². The number of unbranched alkanes of at least 4 members (excludes halogenated alkanes) is 10. The van der Waals surface area contributed by atoms with E-state index in [0.29, 0.717) is 0 Å². The monoisotopic (exact) mass is 373 g/mol. The van der Waals surface area contributed by atoms with Gasteiger partial charge in [-0.3, -0.25) is 0 Å². The van der Waals surface area contributed by atoms with Crippen molar-refractivity contribution in [3.63, 3.8) is 0 Å². The summed E-state index contributed by atoms with van der Waals surface area (Å²) < 4.78 is 4.82. The molecule has 0 aromatic carbocycles. The Morgan fingerprint density at radius 3 is 1.85 bits per heavy atom. The van der Waals surface area contributed by atoms with Gasteiger partial charge in [0.2, 0.25) is 0 Å². The van der Waals surface area contributed by atoms with Crippen LogP contribution in [0.25, 0.3) is 11.1 Å². The molecule has 2 nitrogen and oxygen atoms in total. The van der Waals surface area contributed by atoms with E-state index < -0.39 is 0 Å². The molecular formula is C25H45N2+. The van der Waals surface area contributed by atoms with E-state index in [1.807, 2.05) is 0 Å². The van der Waals surface area contributed by atoms with Crippen LogP contribution >= 0.6 is 0 Å². The maximum Gasteiger partial charge on any atom is 0.254 e. The predicted molar refractivity (Wildman–Crippen MR) is 121 cm³/mol. The van der Waals surface area contributed by atoms with Crippen LogP contribution in [0.1, 0.15) is 116 Å². The van der Waals surface area contributed by atoms with Crippen LogP contribution in [0.5, 0.6) is 0 Å². The van der Waals surface area contributed by atoms with E-state index in [0.717, 1.165) is 12.1 Å². The van der Waals surface area contributed by atoms with Crippen LogP contribution in [0.4, 0.5) is 0 Å². The topological polar surface area (TPSA) is 8.81 Å². The van der Waals surface area contributed by atoms with Gasteiger partial charge in [-0.1, -0.05) is 77.4 Å². The van der Waals surface area contributed by atoms with Gasteiger partial charge in [0, 0.05) is 6.92 Å². The molecule has 0 N–H and O–H groups in total. The molecule has 0 saturated heterocycles. The standard InChI is InChI=1S/C25H45N2/c1-8-10-11-12-13-14-15-16-17-18-19-20-27-23(6)26(7)24(21(3)4)25(27)22(5)9-2/h9H,3,8,10-20H2,1-2,4-7H3/q+1/b22-9-. The highest BCUT2D eigenvalue weighted by molar-refractivity contribution is 5.72. The van der Waals surface area contributed by atoms with Crippen LogP contribution in [-0.2, 0) is 13.6 Å². The number of imidazole rings is 1. The summed E-state index contributed by atoms with van der Waals surface area (Å²) in [6.45, 7) is 16.3. The minimum absolute atomic E-state index is 1.12. The van der Waals surface area contributed by atoms with E-state index in [-0.39, 0.29) is 0 Å². The van der Waals surface area contributed by atoms with Crippen LogP contribution in [0.15, 0.2) is 12.7 Å². The summed E-state index contributed by atoms with van der Waals surface area (Å²) in [6, 6.07) is 0. The molecule has 1 heterocycles. The first-order valence-electron chi connectivity index (χ1n) is 11.3. The van der Waals surface area contributed by atoms with Crippen molar-refractivity contribution in [3.05, 3.63) is 29.9 Å². The number of nitrogens with zero attached hydrogens (tertiary/aromatic N) is 2. The molecule has 154 valence electrons. The fourth-order valence-corrected chi connectivity index (χ4v) is 4.02. The highest BCUT2D eigenvalue weighted by atomic mass is 15.2. The van der Waals surface area contributed by atoms with Gasteiger partial charge in [0.05, 0.1) is 13.6 Å². The smallest absolute Gasteiger partial charge is 0.230 e. The second-order valence-electron chi connectivity index (χ2n) is 8.24. The van der Waals surface area contributed by atoms with E-state index >= 15 is 0 Å². The fourth-order valence-electron chi connectivity index (χ4n) is 4.02. The molecule has 0 amide bonds. The van der Waals surface area contributed by atoms with Crippen molar-refractivity contribution in [3.8, 4) is 0 Å². The normalized spacial score (nSPS) is 12.0. The SMILES string of the molecule is C=C(C)c1c(/C(C)=C\C)n(CCCCCCCCCCCCC)c(C)[n+]1C. The number of aromatic nitrogens is 2. The highest BCUT2D eigenvalue weighted by Gasteiger charge is 2.26. The zero-order valence-corrected chi connectivity index (χ0v) is 19.2. The Morgan fingerprint density at radius 2 is 1.41 bits per heavy atom. The molecule has 0 aliphatic rings. The van der Waals surface area contributed by atoms with E-state index in [1.54, 1.807) is 0 Å². The lowest BCUT2D eigenvalue weighted by Gasteiger charge is -2.06. The second-order valence-corrected chi connectivity index (χ2v) is 8.24. The Kier molecular flexibility index (Phi) is 11.4. The summed E-state index contributed by atoms with van der Waals surface area (Å²) in [6.07, 6.45) is 17.6. The molecule has 0 unspecified atom stereocenters. The molecule has 0 bridgehead atoms. The van der Waals surface area contributed by atoms with Gasteiger partial charge in [-0.25, -0.2) is 9.13 Å². The van der Waals surface area contributed by atoms with Crippen LogP contribution in [0.2, 0.25) is 0 Å². The van der Waals surface area contributed by atoms with Crippen molar-refractivity contribution in [2.24, 2.45) is 7.05 Å². The van der Waals surface area contributed by atoms with Gasteiger partial charge in [-0.2, -0.15) is 0 Å².